The lowest BCUT2D eigenvalue weighted by Gasteiger charge is -2.15. The van der Waals surface area contributed by atoms with Crippen LogP contribution in [-0.4, -0.2) is 49.5 Å². The topological polar surface area (TPSA) is 113 Å². The maximum Gasteiger partial charge on any atom is 0.331 e. The van der Waals surface area contributed by atoms with Crippen molar-refractivity contribution < 1.29 is 19.3 Å². The highest BCUT2D eigenvalue weighted by atomic mass is 79.9. The van der Waals surface area contributed by atoms with E-state index in [1.807, 2.05) is 13.8 Å². The van der Waals surface area contributed by atoms with Crippen molar-refractivity contribution in [3.8, 4) is 0 Å². The normalized spacial score (nSPS) is 16.5. The van der Waals surface area contributed by atoms with Crippen LogP contribution in [0.2, 0.25) is 10.3 Å². The number of amides is 1. The number of halogens is 3. The first-order valence-electron chi connectivity index (χ1n) is 10.0. The molecule has 1 aliphatic heterocycles. The van der Waals surface area contributed by atoms with Gasteiger partial charge in [0.1, 0.15) is 24.1 Å². The van der Waals surface area contributed by atoms with Gasteiger partial charge in [0.25, 0.3) is 21.8 Å². The van der Waals surface area contributed by atoms with E-state index in [9.17, 15) is 19.5 Å². The van der Waals surface area contributed by atoms with Gasteiger partial charge in [-0.1, -0.05) is 13.8 Å². The van der Waals surface area contributed by atoms with E-state index in [2.05, 4.69) is 20.9 Å². The molecule has 3 aromatic heterocycles. The number of imidazole rings is 1. The lowest BCUT2D eigenvalue weighted by Crippen LogP contribution is -2.39. The van der Waals surface area contributed by atoms with E-state index >= 15 is 0 Å². The lowest BCUT2D eigenvalue weighted by molar-refractivity contribution is -0.695. The summed E-state index contributed by atoms with van der Waals surface area (Å²) >= 11 is 16.9. The quantitative estimate of drug-likeness (QED) is 0.447. The third kappa shape index (κ3) is 4.28. The van der Waals surface area contributed by atoms with Crippen molar-refractivity contribution in [1.29, 1.82) is 0 Å². The number of aliphatic hydroxyl groups excluding tert-OH is 1. The van der Waals surface area contributed by atoms with E-state index in [1.165, 1.54) is 23.0 Å². The number of aliphatic hydroxyl groups is 1. The number of nitrogens with one attached hydrogen (secondary N) is 1. The van der Waals surface area contributed by atoms with Gasteiger partial charge in [-0.2, -0.15) is 0 Å². The molecule has 2 N–H and O–H groups in total. The molecular weight excluding hydrogens is 561 g/mol. The van der Waals surface area contributed by atoms with E-state index < -0.39 is 23.3 Å². The first kappa shape index (κ1) is 24.4. The number of carbonyl (C=O) groups excluding carboxylic acids is 1. The summed E-state index contributed by atoms with van der Waals surface area (Å²) in [6.07, 6.45) is -0.828. The first-order chi connectivity index (χ1) is 15.5. The number of hydrogen-bond acceptors (Lipinski definition) is 6. The van der Waals surface area contributed by atoms with E-state index in [-0.39, 0.29) is 46.9 Å². The fourth-order valence-electron chi connectivity index (χ4n) is 3.68. The number of hydrogen-bond donors (Lipinski definition) is 2. The molecule has 33 heavy (non-hydrogen) atoms. The molecule has 3 aromatic rings. The number of aromatic nitrogens is 4. The third-order valence-corrected chi connectivity index (χ3v) is 7.79. The smallest absolute Gasteiger partial charge is 0.331 e. The van der Waals surface area contributed by atoms with Crippen molar-refractivity contribution >= 4 is 66.6 Å². The van der Waals surface area contributed by atoms with E-state index in [0.717, 1.165) is 9.63 Å². The largest absolute Gasteiger partial charge is 0.389 e. The Labute approximate surface area is 210 Å². The predicted octanol–water partition coefficient (Wildman–Crippen LogP) is 1.90. The van der Waals surface area contributed by atoms with Crippen molar-refractivity contribution in [1.82, 2.24) is 19.2 Å². The van der Waals surface area contributed by atoms with Crippen LogP contribution < -0.4 is 15.8 Å². The Balaban J connectivity index is 2.01. The van der Waals surface area contributed by atoms with Crippen LogP contribution in [0.3, 0.4) is 0 Å². The van der Waals surface area contributed by atoms with E-state index in [4.69, 9.17) is 28.0 Å². The van der Waals surface area contributed by atoms with Gasteiger partial charge in [-0.3, -0.25) is 23.6 Å². The Morgan fingerprint density at radius 2 is 2.09 bits per heavy atom. The Hall–Kier alpha value is -1.70. The van der Waals surface area contributed by atoms with Crippen molar-refractivity contribution in [3.63, 3.8) is 0 Å². The van der Waals surface area contributed by atoms with Gasteiger partial charge in [0.15, 0.2) is 0 Å². The summed E-state index contributed by atoms with van der Waals surface area (Å²) in [4.78, 5) is 48.7. The zero-order valence-electron chi connectivity index (χ0n) is 17.9. The number of fused-ring (bicyclic) bond motifs is 1. The predicted molar refractivity (Wildman–Crippen MR) is 127 cm³/mol. The van der Waals surface area contributed by atoms with Gasteiger partial charge >= 0.3 is 10.4 Å². The molecule has 0 aromatic carbocycles. The summed E-state index contributed by atoms with van der Waals surface area (Å²) in [5.74, 6) is -0.458. The fourth-order valence-corrected chi connectivity index (χ4v) is 6.05. The zero-order chi connectivity index (χ0) is 24.2. The minimum absolute atomic E-state index is 0.0290. The number of H-pyrrole nitrogens is 1. The van der Waals surface area contributed by atoms with Gasteiger partial charge in [-0.15, -0.1) is 11.3 Å². The van der Waals surface area contributed by atoms with Crippen LogP contribution in [0, 0.1) is 5.92 Å². The van der Waals surface area contributed by atoms with E-state index in [1.54, 1.807) is 4.57 Å². The minimum Gasteiger partial charge on any atom is -0.389 e. The highest BCUT2D eigenvalue weighted by molar-refractivity contribution is 9.10. The third-order valence-electron chi connectivity index (χ3n) is 5.20. The maximum absolute atomic E-state index is 13.5. The summed E-state index contributed by atoms with van der Waals surface area (Å²) < 4.78 is 4.58. The summed E-state index contributed by atoms with van der Waals surface area (Å²) in [5.41, 5.74) is -0.935. The fraction of sp³-hybridized carbons (Fsp3) is 0.474. The number of carbonyl (C=O) groups is 1. The first-order valence-corrected chi connectivity index (χ1v) is 12.4. The van der Waals surface area contributed by atoms with Crippen LogP contribution in [0.5, 0.6) is 0 Å². The Kier molecular flexibility index (Phi) is 6.78. The van der Waals surface area contributed by atoms with Crippen LogP contribution >= 0.6 is 50.5 Å². The molecule has 0 aliphatic carbocycles. The Morgan fingerprint density at radius 1 is 1.39 bits per heavy atom. The molecule has 1 aliphatic rings. The Morgan fingerprint density at radius 3 is 2.64 bits per heavy atom. The van der Waals surface area contributed by atoms with Crippen LogP contribution in [0.25, 0.3) is 10.2 Å². The molecule has 0 saturated carbocycles. The molecule has 14 heteroatoms. The highest BCUT2D eigenvalue weighted by Gasteiger charge is 2.34. The number of rotatable bonds is 5. The van der Waals surface area contributed by atoms with Crippen LogP contribution in [0.1, 0.15) is 29.1 Å². The van der Waals surface area contributed by atoms with Crippen molar-refractivity contribution in [2.24, 2.45) is 13.0 Å². The molecule has 4 rings (SSSR count). The zero-order valence-corrected chi connectivity index (χ0v) is 21.8. The van der Waals surface area contributed by atoms with Crippen molar-refractivity contribution in [2.75, 3.05) is 13.2 Å². The maximum atomic E-state index is 13.5. The molecule has 10 nitrogen and oxygen atoms in total. The molecular formula is C19H21BrCl2N5O5S+. The number of thiophene rings is 1. The second-order valence-electron chi connectivity index (χ2n) is 8.15. The second-order valence-corrected chi connectivity index (χ2v) is 10.7. The summed E-state index contributed by atoms with van der Waals surface area (Å²) in [5, 5.41) is 11.4. The van der Waals surface area contributed by atoms with Gasteiger partial charge in [0.05, 0.1) is 22.4 Å². The molecule has 1 fully saturated rings. The molecule has 0 unspecified atom stereocenters. The van der Waals surface area contributed by atoms with Crippen LogP contribution in [-0.2, 0) is 25.0 Å². The van der Waals surface area contributed by atoms with Gasteiger partial charge < -0.3 is 5.11 Å². The van der Waals surface area contributed by atoms with Gasteiger partial charge in [0, 0.05) is 29.5 Å². The minimum atomic E-state index is -0.828. The second kappa shape index (κ2) is 9.16. The average molecular weight is 582 g/mol. The molecule has 1 saturated heterocycles. The molecule has 1 atom stereocenters. The summed E-state index contributed by atoms with van der Waals surface area (Å²) in [6, 6.07) is 0. The number of aromatic amines is 1. The van der Waals surface area contributed by atoms with Gasteiger partial charge in [-0.25, -0.2) is 19.4 Å². The van der Waals surface area contributed by atoms with Crippen LogP contribution in [0.4, 0.5) is 0 Å². The number of β-amino-alcohol motifs (C(OH)–C–C–N with tert-alkyl or cyclic N) is 1. The van der Waals surface area contributed by atoms with Crippen molar-refractivity contribution in [3.05, 3.63) is 46.3 Å². The summed E-state index contributed by atoms with van der Waals surface area (Å²) in [6.45, 7) is 4.31. The van der Waals surface area contributed by atoms with Gasteiger partial charge in [0.2, 0.25) is 0 Å². The average Bonchev–Trinajstić information content (AvgIpc) is 3.41. The molecule has 178 valence electrons. The van der Waals surface area contributed by atoms with Crippen molar-refractivity contribution in [2.45, 2.75) is 33.0 Å². The molecule has 1 amide bonds. The number of nitrogens with zero attached hydrogens (tertiary/aromatic N) is 4. The molecule has 4 heterocycles. The molecule has 0 radical (unpaired) electrons. The van der Waals surface area contributed by atoms with Crippen LogP contribution in [0.15, 0.2) is 14.3 Å². The molecule has 0 spiro atoms. The number of hydroxylamine groups is 2. The summed E-state index contributed by atoms with van der Waals surface area (Å²) in [7, 11) is 1.39. The standard InChI is InChI=1S/C19H20BrCl2N5O5S/c1-8(2)4-26-17-12(15(29)24(3)19(26)31)11(16(30)27-5-9(28)7-32-27)10(33-17)6-25-14(22)13(21)23-18(25)20/h8-9,28H,4-7H2,1-3H3/p+1/t9-/m0/s1. The lowest BCUT2D eigenvalue weighted by atomic mass is 10.1. The highest BCUT2D eigenvalue weighted by Crippen LogP contribution is 2.32. The Bertz CT molecular complexity index is 1380. The SMILES string of the molecule is CC(C)Cn1c(=O)n(C)c(=O)c2c(C(=O)N3C[C@H](O)CO3)c(C[n+]3c(Br)[nH]c(Cl)c3Cl)sc21. The van der Waals surface area contributed by atoms with Gasteiger partial charge in [-0.05, 0) is 29.1 Å². The van der Waals surface area contributed by atoms with E-state index in [0.29, 0.717) is 21.0 Å². The monoisotopic (exact) mass is 580 g/mol. The molecule has 0 bridgehead atoms.